The van der Waals surface area contributed by atoms with Crippen LogP contribution in [-0.4, -0.2) is 39.6 Å². The summed E-state index contributed by atoms with van der Waals surface area (Å²) in [6, 6.07) is 2.20. The molecule has 7 heteroatoms. The van der Waals surface area contributed by atoms with Crippen molar-refractivity contribution in [2.75, 3.05) is 18.4 Å². The maximum absolute atomic E-state index is 12.7. The second-order valence-corrected chi connectivity index (χ2v) is 8.46. The minimum Gasteiger partial charge on any atom is -0.370 e. The molecule has 0 aliphatic heterocycles. The van der Waals surface area contributed by atoms with Gasteiger partial charge in [-0.05, 0) is 56.6 Å². The van der Waals surface area contributed by atoms with Gasteiger partial charge in [-0.1, -0.05) is 25.7 Å². The average Bonchev–Trinajstić information content (AvgIpc) is 3.16. The Morgan fingerprint density at radius 1 is 1.14 bits per heavy atom. The third-order valence-electron chi connectivity index (χ3n) is 6.35. The standard InChI is InChI=1S/C21H32N6O/c22-12-15-5-4-6-16(11-15)13-23-19-9-10-27-20(26-19)18(14-24-27)21(28)25-17-7-2-1-3-8-17/h9-10,14-17H,1-8,11-13,22H2,(H,23,26)(H,25,28). The molecule has 2 fully saturated rings. The summed E-state index contributed by atoms with van der Waals surface area (Å²) in [6.45, 7) is 1.69. The van der Waals surface area contributed by atoms with Gasteiger partial charge in [0.05, 0.1) is 6.20 Å². The van der Waals surface area contributed by atoms with Crippen LogP contribution >= 0.6 is 0 Å². The summed E-state index contributed by atoms with van der Waals surface area (Å²) in [5, 5.41) is 10.9. The second-order valence-electron chi connectivity index (χ2n) is 8.46. The Labute approximate surface area is 166 Å². The normalized spacial score (nSPS) is 23.6. The van der Waals surface area contributed by atoms with Gasteiger partial charge in [-0.25, -0.2) is 9.50 Å². The summed E-state index contributed by atoms with van der Waals surface area (Å²) in [5.74, 6) is 2.03. The van der Waals surface area contributed by atoms with Crippen molar-refractivity contribution in [1.82, 2.24) is 19.9 Å². The number of anilines is 1. The van der Waals surface area contributed by atoms with Gasteiger partial charge in [-0.3, -0.25) is 4.79 Å². The Morgan fingerprint density at radius 3 is 2.79 bits per heavy atom. The van der Waals surface area contributed by atoms with Crippen molar-refractivity contribution < 1.29 is 4.79 Å². The minimum atomic E-state index is -0.0652. The van der Waals surface area contributed by atoms with Gasteiger partial charge in [0.25, 0.3) is 5.91 Å². The molecule has 2 saturated carbocycles. The first-order valence-corrected chi connectivity index (χ1v) is 10.8. The fraction of sp³-hybridized carbons (Fsp3) is 0.667. The van der Waals surface area contributed by atoms with Crippen LogP contribution in [0.3, 0.4) is 0 Å². The van der Waals surface area contributed by atoms with Gasteiger partial charge in [0, 0.05) is 18.8 Å². The molecule has 2 unspecified atom stereocenters. The van der Waals surface area contributed by atoms with Crippen molar-refractivity contribution in [3.63, 3.8) is 0 Å². The van der Waals surface area contributed by atoms with Crippen LogP contribution in [0.25, 0.3) is 5.65 Å². The lowest BCUT2D eigenvalue weighted by Crippen LogP contribution is -2.36. The lowest BCUT2D eigenvalue weighted by Gasteiger charge is -2.28. The molecule has 4 N–H and O–H groups in total. The first-order chi connectivity index (χ1) is 13.7. The van der Waals surface area contributed by atoms with Gasteiger partial charge in [0.2, 0.25) is 0 Å². The van der Waals surface area contributed by atoms with E-state index in [0.29, 0.717) is 23.0 Å². The second kappa shape index (κ2) is 8.90. The van der Waals surface area contributed by atoms with Crippen molar-refractivity contribution in [2.24, 2.45) is 17.6 Å². The van der Waals surface area contributed by atoms with E-state index in [4.69, 9.17) is 5.73 Å². The third kappa shape index (κ3) is 4.46. The highest BCUT2D eigenvalue weighted by Crippen LogP contribution is 2.28. The van der Waals surface area contributed by atoms with E-state index in [2.05, 4.69) is 20.7 Å². The summed E-state index contributed by atoms with van der Waals surface area (Å²) in [5.41, 5.74) is 7.02. The highest BCUT2D eigenvalue weighted by atomic mass is 16.1. The van der Waals surface area contributed by atoms with Crippen LogP contribution in [0.15, 0.2) is 18.5 Å². The molecule has 1 amide bonds. The zero-order valence-electron chi connectivity index (χ0n) is 16.6. The van der Waals surface area contributed by atoms with E-state index in [1.165, 1.54) is 44.9 Å². The molecular weight excluding hydrogens is 352 g/mol. The largest absolute Gasteiger partial charge is 0.370 e. The predicted octanol–water partition coefficient (Wildman–Crippen LogP) is 2.97. The highest BCUT2D eigenvalue weighted by molar-refractivity contribution is 5.99. The molecule has 0 bridgehead atoms. The maximum Gasteiger partial charge on any atom is 0.256 e. The molecule has 0 aromatic carbocycles. The van der Waals surface area contributed by atoms with Gasteiger partial charge in [-0.2, -0.15) is 5.10 Å². The Morgan fingerprint density at radius 2 is 1.96 bits per heavy atom. The number of aromatic nitrogens is 3. The molecule has 2 aliphatic rings. The first kappa shape index (κ1) is 19.2. The Balaban J connectivity index is 1.41. The lowest BCUT2D eigenvalue weighted by atomic mass is 9.81. The van der Waals surface area contributed by atoms with Gasteiger partial charge >= 0.3 is 0 Å². The van der Waals surface area contributed by atoms with Crippen LogP contribution in [0.2, 0.25) is 0 Å². The van der Waals surface area contributed by atoms with E-state index in [1.807, 2.05) is 12.3 Å². The molecule has 2 heterocycles. The molecule has 2 aromatic heterocycles. The number of carbonyl (C=O) groups is 1. The SMILES string of the molecule is NCC1CCCC(CNc2ccn3ncc(C(=O)NC4CCCCC4)c3n2)C1. The topological polar surface area (TPSA) is 97.3 Å². The van der Waals surface area contributed by atoms with Crippen LogP contribution < -0.4 is 16.4 Å². The van der Waals surface area contributed by atoms with Crippen LogP contribution in [0.5, 0.6) is 0 Å². The zero-order valence-corrected chi connectivity index (χ0v) is 16.6. The number of nitrogens with one attached hydrogen (secondary N) is 2. The van der Waals surface area contributed by atoms with Gasteiger partial charge in [-0.15, -0.1) is 0 Å². The maximum atomic E-state index is 12.7. The molecule has 28 heavy (non-hydrogen) atoms. The van der Waals surface area contributed by atoms with Crippen molar-refractivity contribution in [3.05, 3.63) is 24.0 Å². The van der Waals surface area contributed by atoms with Gasteiger partial charge < -0.3 is 16.4 Å². The highest BCUT2D eigenvalue weighted by Gasteiger charge is 2.22. The molecule has 4 rings (SSSR count). The number of amides is 1. The average molecular weight is 385 g/mol. The van der Waals surface area contributed by atoms with Crippen molar-refractivity contribution >= 4 is 17.4 Å². The summed E-state index contributed by atoms with van der Waals surface area (Å²) in [6.07, 6.45) is 14.2. The third-order valence-corrected chi connectivity index (χ3v) is 6.35. The fourth-order valence-corrected chi connectivity index (χ4v) is 4.69. The predicted molar refractivity (Wildman–Crippen MR) is 110 cm³/mol. The Kier molecular flexibility index (Phi) is 6.10. The van der Waals surface area contributed by atoms with E-state index in [9.17, 15) is 4.79 Å². The Bertz CT molecular complexity index is 797. The van der Waals surface area contributed by atoms with Gasteiger partial charge in [0.15, 0.2) is 5.65 Å². The number of nitrogens with two attached hydrogens (primary N) is 1. The van der Waals surface area contributed by atoms with E-state index < -0.39 is 0 Å². The van der Waals surface area contributed by atoms with Crippen LogP contribution in [0.1, 0.15) is 68.1 Å². The number of hydrogen-bond donors (Lipinski definition) is 3. The summed E-state index contributed by atoms with van der Waals surface area (Å²) in [7, 11) is 0. The van der Waals surface area contributed by atoms with Crippen LogP contribution in [0.4, 0.5) is 5.82 Å². The fourth-order valence-electron chi connectivity index (χ4n) is 4.69. The van der Waals surface area contributed by atoms with Crippen molar-refractivity contribution in [3.8, 4) is 0 Å². The van der Waals surface area contributed by atoms with E-state index in [0.717, 1.165) is 31.7 Å². The molecular formula is C21H32N6O. The van der Waals surface area contributed by atoms with E-state index in [-0.39, 0.29) is 11.9 Å². The molecule has 7 nitrogen and oxygen atoms in total. The number of fused-ring (bicyclic) bond motifs is 1. The Hall–Kier alpha value is -2.15. The minimum absolute atomic E-state index is 0.0652. The molecule has 2 aromatic rings. The molecule has 2 aliphatic carbocycles. The molecule has 0 radical (unpaired) electrons. The summed E-state index contributed by atoms with van der Waals surface area (Å²) >= 11 is 0. The number of rotatable bonds is 6. The molecule has 0 saturated heterocycles. The van der Waals surface area contributed by atoms with Crippen LogP contribution in [-0.2, 0) is 0 Å². The van der Waals surface area contributed by atoms with Crippen LogP contribution in [0, 0.1) is 11.8 Å². The number of nitrogens with zero attached hydrogens (tertiary/aromatic N) is 3. The van der Waals surface area contributed by atoms with Gasteiger partial charge in [0.1, 0.15) is 11.4 Å². The lowest BCUT2D eigenvalue weighted by molar-refractivity contribution is 0.0929. The molecule has 0 spiro atoms. The zero-order chi connectivity index (χ0) is 19.3. The van der Waals surface area contributed by atoms with E-state index >= 15 is 0 Å². The quantitative estimate of drug-likeness (QED) is 0.711. The first-order valence-electron chi connectivity index (χ1n) is 10.8. The van der Waals surface area contributed by atoms with Crippen molar-refractivity contribution in [2.45, 2.75) is 63.8 Å². The number of carbonyl (C=O) groups excluding carboxylic acids is 1. The van der Waals surface area contributed by atoms with Crippen molar-refractivity contribution in [1.29, 1.82) is 0 Å². The summed E-state index contributed by atoms with van der Waals surface area (Å²) in [4.78, 5) is 17.4. The smallest absolute Gasteiger partial charge is 0.256 e. The number of hydrogen-bond acceptors (Lipinski definition) is 5. The monoisotopic (exact) mass is 384 g/mol. The van der Waals surface area contributed by atoms with E-state index in [1.54, 1.807) is 10.7 Å². The molecule has 2 atom stereocenters. The summed E-state index contributed by atoms with van der Waals surface area (Å²) < 4.78 is 1.67. The molecule has 152 valence electrons.